The number of rotatable bonds is 6. The molecule has 36 heavy (non-hydrogen) atoms. The van der Waals surface area contributed by atoms with Crippen LogP contribution in [0.3, 0.4) is 0 Å². The van der Waals surface area contributed by atoms with Crippen molar-refractivity contribution in [2.24, 2.45) is 0 Å². The summed E-state index contributed by atoms with van der Waals surface area (Å²) < 4.78 is 46.2. The van der Waals surface area contributed by atoms with E-state index < -0.39 is 11.7 Å². The first-order chi connectivity index (χ1) is 17.4. The zero-order chi connectivity index (χ0) is 25.3. The summed E-state index contributed by atoms with van der Waals surface area (Å²) >= 11 is 0. The predicted octanol–water partition coefficient (Wildman–Crippen LogP) is 5.46. The molecule has 1 saturated heterocycles. The Hall–Kier alpha value is -3.66. The van der Waals surface area contributed by atoms with E-state index in [4.69, 9.17) is 4.74 Å². The zero-order valence-electron chi connectivity index (χ0n) is 19.8. The summed E-state index contributed by atoms with van der Waals surface area (Å²) in [4.78, 5) is 19.9. The van der Waals surface area contributed by atoms with Gasteiger partial charge in [-0.1, -0.05) is 12.1 Å². The molecule has 5 rings (SSSR count). The van der Waals surface area contributed by atoms with Gasteiger partial charge in [0.1, 0.15) is 0 Å². The van der Waals surface area contributed by atoms with Crippen LogP contribution in [0.2, 0.25) is 0 Å². The molecule has 0 bridgehead atoms. The van der Waals surface area contributed by atoms with E-state index in [1.165, 1.54) is 12.1 Å². The third-order valence-corrected chi connectivity index (χ3v) is 6.69. The Morgan fingerprint density at radius 1 is 1.17 bits per heavy atom. The number of hydrogen-bond acceptors (Lipinski definition) is 4. The molecular weight excluding hydrogens is 471 g/mol. The molecule has 10 heteroatoms. The number of amides is 1. The highest BCUT2D eigenvalue weighted by Crippen LogP contribution is 2.38. The summed E-state index contributed by atoms with van der Waals surface area (Å²) in [5.41, 5.74) is 3.54. The maximum Gasteiger partial charge on any atom is 0.416 e. The fourth-order valence-electron chi connectivity index (χ4n) is 4.82. The number of hydrogen-bond donors (Lipinski definition) is 1. The molecule has 0 aliphatic carbocycles. The van der Waals surface area contributed by atoms with E-state index in [9.17, 15) is 18.0 Å². The summed E-state index contributed by atoms with van der Waals surface area (Å²) in [6.45, 7) is 1.81. The lowest BCUT2D eigenvalue weighted by Gasteiger charge is -2.35. The number of nitrogens with zero attached hydrogens (tertiary/aromatic N) is 4. The van der Waals surface area contributed by atoms with Crippen molar-refractivity contribution in [3.63, 3.8) is 0 Å². The van der Waals surface area contributed by atoms with Gasteiger partial charge >= 0.3 is 6.18 Å². The minimum atomic E-state index is -4.40. The number of carbonyl (C=O) groups excluding carboxylic acids is 1. The van der Waals surface area contributed by atoms with Gasteiger partial charge in [-0.25, -0.2) is 4.98 Å². The fraction of sp³-hybridized carbons (Fsp3) is 0.346. The number of aromatic amines is 1. The summed E-state index contributed by atoms with van der Waals surface area (Å²) in [6, 6.07) is 10.3. The molecule has 0 radical (unpaired) electrons. The van der Waals surface area contributed by atoms with Gasteiger partial charge in [0, 0.05) is 31.3 Å². The average Bonchev–Trinajstić information content (AvgIpc) is 3.53. The molecule has 7 nitrogen and oxygen atoms in total. The average molecular weight is 498 g/mol. The van der Waals surface area contributed by atoms with Gasteiger partial charge in [0.2, 0.25) is 0 Å². The SMILES string of the molecule is COCCn1cnc2cc(C(=O)N3CCCCC3c3[nH]ncc3-c3ccc(C(F)(F)F)cc3)ccc21. The van der Waals surface area contributed by atoms with Crippen LogP contribution in [0.15, 0.2) is 55.0 Å². The molecule has 4 aromatic rings. The second kappa shape index (κ2) is 9.77. The van der Waals surface area contributed by atoms with Gasteiger partial charge < -0.3 is 14.2 Å². The standard InChI is InChI=1S/C26H26F3N5O2/c1-36-13-12-33-16-30-21-14-18(7-10-22(21)33)25(35)34-11-3-2-4-23(34)24-20(15-31-32-24)17-5-8-19(9-6-17)26(27,28)29/h5-10,14-16,23H,2-4,11-13H2,1H3,(H,31,32). The van der Waals surface area contributed by atoms with Gasteiger partial charge in [0.15, 0.2) is 0 Å². The van der Waals surface area contributed by atoms with Crippen LogP contribution in [0.25, 0.3) is 22.2 Å². The van der Waals surface area contributed by atoms with Gasteiger partial charge in [-0.15, -0.1) is 0 Å². The van der Waals surface area contributed by atoms with Crippen LogP contribution in [0.4, 0.5) is 13.2 Å². The van der Waals surface area contributed by atoms with Crippen LogP contribution in [0.1, 0.15) is 46.9 Å². The number of likely N-dealkylation sites (tertiary alicyclic amines) is 1. The van der Waals surface area contributed by atoms with E-state index in [0.717, 1.165) is 48.1 Å². The van der Waals surface area contributed by atoms with E-state index in [1.807, 2.05) is 21.6 Å². The molecule has 1 N–H and O–H groups in total. The fourth-order valence-corrected chi connectivity index (χ4v) is 4.82. The monoisotopic (exact) mass is 497 g/mol. The number of alkyl halides is 3. The Labute approximate surface area is 205 Å². The normalized spacial score (nSPS) is 16.6. The van der Waals surface area contributed by atoms with E-state index in [1.54, 1.807) is 25.7 Å². The molecule has 2 aromatic carbocycles. The molecule has 1 atom stereocenters. The van der Waals surface area contributed by atoms with Crippen molar-refractivity contribution in [1.82, 2.24) is 24.6 Å². The maximum atomic E-state index is 13.6. The van der Waals surface area contributed by atoms with Crippen molar-refractivity contribution >= 4 is 16.9 Å². The third kappa shape index (κ3) is 4.60. The number of piperidine rings is 1. The van der Waals surface area contributed by atoms with Crippen LogP contribution >= 0.6 is 0 Å². The molecule has 1 amide bonds. The highest BCUT2D eigenvalue weighted by Gasteiger charge is 2.33. The van der Waals surface area contributed by atoms with Crippen LogP contribution in [-0.2, 0) is 17.5 Å². The number of aromatic nitrogens is 4. The molecule has 1 aliphatic heterocycles. The van der Waals surface area contributed by atoms with E-state index in [-0.39, 0.29) is 11.9 Å². The molecule has 1 unspecified atom stereocenters. The summed E-state index contributed by atoms with van der Waals surface area (Å²) in [5, 5.41) is 7.19. The number of imidazole rings is 1. The highest BCUT2D eigenvalue weighted by molar-refractivity contribution is 5.97. The van der Waals surface area contributed by atoms with Gasteiger partial charge in [-0.05, 0) is 55.2 Å². The third-order valence-electron chi connectivity index (χ3n) is 6.69. The molecule has 3 heterocycles. The summed E-state index contributed by atoms with van der Waals surface area (Å²) in [7, 11) is 1.65. The second-order valence-electron chi connectivity index (χ2n) is 8.92. The van der Waals surface area contributed by atoms with E-state index in [0.29, 0.717) is 36.4 Å². The molecule has 0 saturated carbocycles. The molecule has 0 spiro atoms. The quantitative estimate of drug-likeness (QED) is 0.384. The van der Waals surface area contributed by atoms with Crippen molar-refractivity contribution < 1.29 is 22.7 Å². The largest absolute Gasteiger partial charge is 0.416 e. The first kappa shape index (κ1) is 24.1. The Morgan fingerprint density at radius 2 is 1.97 bits per heavy atom. The number of nitrogens with one attached hydrogen (secondary N) is 1. The van der Waals surface area contributed by atoms with Crippen LogP contribution in [0.5, 0.6) is 0 Å². The number of ether oxygens (including phenoxy) is 1. The topological polar surface area (TPSA) is 76.0 Å². The van der Waals surface area contributed by atoms with Crippen molar-refractivity contribution in [3.8, 4) is 11.1 Å². The van der Waals surface area contributed by atoms with E-state index >= 15 is 0 Å². The van der Waals surface area contributed by atoms with Crippen molar-refractivity contribution in [1.29, 1.82) is 0 Å². The van der Waals surface area contributed by atoms with Crippen LogP contribution < -0.4 is 0 Å². The first-order valence-electron chi connectivity index (χ1n) is 11.8. The molecule has 1 fully saturated rings. The first-order valence-corrected chi connectivity index (χ1v) is 11.8. The zero-order valence-corrected chi connectivity index (χ0v) is 19.8. The predicted molar refractivity (Wildman–Crippen MR) is 128 cm³/mol. The maximum absolute atomic E-state index is 13.6. The Balaban J connectivity index is 1.43. The molecule has 2 aromatic heterocycles. The molecular formula is C26H26F3N5O2. The lowest BCUT2D eigenvalue weighted by atomic mass is 9.93. The minimum absolute atomic E-state index is 0.110. The van der Waals surface area contributed by atoms with Crippen molar-refractivity contribution in [2.45, 2.75) is 38.0 Å². The van der Waals surface area contributed by atoms with Crippen molar-refractivity contribution in [3.05, 3.63) is 71.8 Å². The number of halogens is 3. The molecule has 188 valence electrons. The summed E-state index contributed by atoms with van der Waals surface area (Å²) in [6.07, 6.45) is 1.49. The van der Waals surface area contributed by atoms with Crippen molar-refractivity contribution in [2.75, 3.05) is 20.3 Å². The Kier molecular flexibility index (Phi) is 6.53. The van der Waals surface area contributed by atoms with Gasteiger partial charge in [0.05, 0.1) is 47.5 Å². The number of benzene rings is 2. The van der Waals surface area contributed by atoms with Gasteiger partial charge in [-0.3, -0.25) is 9.89 Å². The lowest BCUT2D eigenvalue weighted by molar-refractivity contribution is -0.137. The van der Waals surface area contributed by atoms with Crippen LogP contribution in [-0.4, -0.2) is 50.8 Å². The number of carbonyl (C=O) groups is 1. The number of H-pyrrole nitrogens is 1. The Bertz CT molecular complexity index is 1360. The van der Waals surface area contributed by atoms with E-state index in [2.05, 4.69) is 15.2 Å². The summed E-state index contributed by atoms with van der Waals surface area (Å²) in [5.74, 6) is -0.110. The second-order valence-corrected chi connectivity index (χ2v) is 8.92. The number of methoxy groups -OCH3 is 1. The smallest absolute Gasteiger partial charge is 0.383 e. The number of fused-ring (bicyclic) bond motifs is 1. The molecule has 1 aliphatic rings. The Morgan fingerprint density at radius 3 is 2.72 bits per heavy atom. The van der Waals surface area contributed by atoms with Gasteiger partial charge in [-0.2, -0.15) is 18.3 Å². The van der Waals surface area contributed by atoms with Crippen LogP contribution in [0, 0.1) is 0 Å². The lowest BCUT2D eigenvalue weighted by Crippen LogP contribution is -2.38. The minimum Gasteiger partial charge on any atom is -0.383 e. The van der Waals surface area contributed by atoms with Gasteiger partial charge in [0.25, 0.3) is 5.91 Å². The highest BCUT2D eigenvalue weighted by atomic mass is 19.4.